The second kappa shape index (κ2) is 3.97. The van der Waals surface area contributed by atoms with E-state index in [1.807, 2.05) is 0 Å². The summed E-state index contributed by atoms with van der Waals surface area (Å²) < 4.78 is 0. The molecule has 0 aromatic heterocycles. The lowest BCUT2D eigenvalue weighted by Gasteiger charge is -2.10. The molecule has 2 amide bonds. The molecule has 5 nitrogen and oxygen atoms in total. The van der Waals surface area contributed by atoms with Crippen molar-refractivity contribution in [1.29, 1.82) is 0 Å². The number of carbonyl (C=O) groups is 3. The van der Waals surface area contributed by atoms with Gasteiger partial charge >= 0.3 is 5.43 Å². The first-order valence-corrected chi connectivity index (χ1v) is 5.00. The molecule has 72 valence electrons. The van der Waals surface area contributed by atoms with Gasteiger partial charge in [-0.05, 0) is 6.26 Å². The standard InChI is InChI=1S/C6H6ClNO4S/c1-13-3-2-4(9)8(5(3)10)12-6(7)11/h3H,2H2,1H3. The van der Waals surface area contributed by atoms with Crippen LogP contribution in [0.15, 0.2) is 0 Å². The monoisotopic (exact) mass is 223 g/mol. The fraction of sp³-hybridized carbons (Fsp3) is 0.500. The third-order valence-corrected chi connectivity index (χ3v) is 2.52. The predicted octanol–water partition coefficient (Wildman–Crippen LogP) is 0.767. The van der Waals surface area contributed by atoms with Crippen molar-refractivity contribution >= 4 is 40.6 Å². The van der Waals surface area contributed by atoms with E-state index < -0.39 is 22.5 Å². The summed E-state index contributed by atoms with van der Waals surface area (Å²) in [5.74, 6) is -1.08. The zero-order valence-electron chi connectivity index (χ0n) is 6.65. The number of hydrogen-bond donors (Lipinski definition) is 0. The molecule has 0 N–H and O–H groups in total. The van der Waals surface area contributed by atoms with E-state index in [1.54, 1.807) is 6.26 Å². The number of nitrogens with zero attached hydrogens (tertiary/aromatic N) is 1. The van der Waals surface area contributed by atoms with Crippen LogP contribution in [0.1, 0.15) is 6.42 Å². The first-order chi connectivity index (χ1) is 6.06. The fourth-order valence-electron chi connectivity index (χ4n) is 0.934. The Balaban J connectivity index is 2.70. The van der Waals surface area contributed by atoms with Crippen LogP contribution >= 0.6 is 23.4 Å². The van der Waals surface area contributed by atoms with Crippen LogP contribution < -0.4 is 0 Å². The van der Waals surface area contributed by atoms with Crippen molar-refractivity contribution in [3.05, 3.63) is 0 Å². The van der Waals surface area contributed by atoms with Gasteiger partial charge in [0.05, 0.1) is 11.7 Å². The molecule has 1 rings (SSSR count). The second-order valence-electron chi connectivity index (χ2n) is 2.28. The molecule has 0 aliphatic carbocycles. The number of hydrogen-bond acceptors (Lipinski definition) is 5. The molecule has 13 heavy (non-hydrogen) atoms. The lowest BCUT2D eigenvalue weighted by Crippen LogP contribution is -2.32. The van der Waals surface area contributed by atoms with E-state index >= 15 is 0 Å². The molecular formula is C6H6ClNO4S. The lowest BCUT2D eigenvalue weighted by atomic mass is 10.4. The number of carbonyl (C=O) groups excluding carboxylic acids is 3. The van der Waals surface area contributed by atoms with E-state index in [1.165, 1.54) is 11.8 Å². The highest BCUT2D eigenvalue weighted by molar-refractivity contribution is 8.00. The molecule has 0 saturated carbocycles. The summed E-state index contributed by atoms with van der Waals surface area (Å²) in [4.78, 5) is 36.8. The Hall–Kier alpha value is -0.750. The van der Waals surface area contributed by atoms with Gasteiger partial charge in [-0.25, -0.2) is 4.79 Å². The quantitative estimate of drug-likeness (QED) is 0.511. The Morgan fingerprint density at radius 2 is 2.31 bits per heavy atom. The van der Waals surface area contributed by atoms with Gasteiger partial charge in [0.25, 0.3) is 11.8 Å². The zero-order chi connectivity index (χ0) is 10.0. The molecule has 1 fully saturated rings. The lowest BCUT2D eigenvalue weighted by molar-refractivity contribution is -0.169. The largest absolute Gasteiger partial charge is 0.428 e. The zero-order valence-corrected chi connectivity index (χ0v) is 8.22. The highest BCUT2D eigenvalue weighted by atomic mass is 35.5. The molecule has 1 aliphatic rings. The Morgan fingerprint density at radius 1 is 1.69 bits per heavy atom. The molecule has 1 saturated heterocycles. The van der Waals surface area contributed by atoms with E-state index in [-0.39, 0.29) is 6.42 Å². The maximum Gasteiger partial charge on any atom is 0.428 e. The van der Waals surface area contributed by atoms with E-state index in [9.17, 15) is 14.4 Å². The van der Waals surface area contributed by atoms with Crippen LogP contribution in [0.25, 0.3) is 0 Å². The van der Waals surface area contributed by atoms with Gasteiger partial charge in [-0.15, -0.1) is 5.06 Å². The van der Waals surface area contributed by atoms with Crippen molar-refractivity contribution in [2.45, 2.75) is 11.7 Å². The van der Waals surface area contributed by atoms with E-state index in [2.05, 4.69) is 4.84 Å². The SMILES string of the molecule is CSC1CC(=O)N(OC(=O)Cl)C1=O. The van der Waals surface area contributed by atoms with Crippen LogP contribution in [0.4, 0.5) is 4.79 Å². The van der Waals surface area contributed by atoms with Crippen LogP contribution in [-0.4, -0.2) is 33.8 Å². The molecular weight excluding hydrogens is 218 g/mol. The molecule has 1 atom stereocenters. The van der Waals surface area contributed by atoms with Crippen LogP contribution in [0.5, 0.6) is 0 Å². The summed E-state index contributed by atoms with van der Waals surface area (Å²) in [5, 5.41) is -0.0558. The molecule has 7 heteroatoms. The maximum atomic E-state index is 11.2. The van der Waals surface area contributed by atoms with E-state index in [4.69, 9.17) is 11.6 Å². The van der Waals surface area contributed by atoms with Crippen LogP contribution in [0.3, 0.4) is 0 Å². The van der Waals surface area contributed by atoms with Gasteiger partial charge in [-0.3, -0.25) is 9.59 Å². The summed E-state index contributed by atoms with van der Waals surface area (Å²) >= 11 is 6.09. The number of thioether (sulfide) groups is 1. The molecule has 0 aromatic rings. The Bertz CT molecular complexity index is 269. The topological polar surface area (TPSA) is 63.7 Å². The van der Waals surface area contributed by atoms with Crippen LogP contribution in [0, 0.1) is 0 Å². The minimum atomic E-state index is -1.19. The molecule has 0 bridgehead atoms. The summed E-state index contributed by atoms with van der Waals surface area (Å²) in [6.07, 6.45) is 1.74. The first-order valence-electron chi connectivity index (χ1n) is 3.33. The number of rotatable bonds is 2. The summed E-state index contributed by atoms with van der Waals surface area (Å²) in [6, 6.07) is 0. The molecule has 1 heterocycles. The van der Waals surface area contributed by atoms with Gasteiger partial charge in [-0.1, -0.05) is 0 Å². The summed E-state index contributed by atoms with van der Waals surface area (Å²) in [7, 11) is 0. The van der Waals surface area contributed by atoms with Crippen molar-refractivity contribution in [3.63, 3.8) is 0 Å². The van der Waals surface area contributed by atoms with E-state index in [0.717, 1.165) is 0 Å². The van der Waals surface area contributed by atoms with E-state index in [0.29, 0.717) is 5.06 Å². The molecule has 0 radical (unpaired) electrons. The first kappa shape index (κ1) is 10.3. The van der Waals surface area contributed by atoms with Gasteiger partial charge in [0.2, 0.25) is 0 Å². The van der Waals surface area contributed by atoms with Crippen molar-refractivity contribution in [2.75, 3.05) is 6.26 Å². The number of halogens is 1. The highest BCUT2D eigenvalue weighted by Crippen LogP contribution is 2.23. The predicted molar refractivity (Wildman–Crippen MR) is 46.1 cm³/mol. The fourth-order valence-corrected chi connectivity index (χ4v) is 1.61. The van der Waals surface area contributed by atoms with Crippen molar-refractivity contribution in [3.8, 4) is 0 Å². The molecule has 0 spiro atoms. The van der Waals surface area contributed by atoms with Gasteiger partial charge in [0, 0.05) is 11.6 Å². The number of imide groups is 1. The minimum absolute atomic E-state index is 0.0458. The molecule has 1 unspecified atom stereocenters. The summed E-state index contributed by atoms with van der Waals surface area (Å²) in [5.41, 5.74) is -1.19. The minimum Gasteiger partial charge on any atom is -0.315 e. The maximum absolute atomic E-state index is 11.2. The number of hydroxylamine groups is 2. The third kappa shape index (κ3) is 2.13. The second-order valence-corrected chi connectivity index (χ2v) is 3.63. The smallest absolute Gasteiger partial charge is 0.315 e. The average molecular weight is 224 g/mol. The Kier molecular flexibility index (Phi) is 3.16. The van der Waals surface area contributed by atoms with Crippen molar-refractivity contribution < 1.29 is 19.2 Å². The Morgan fingerprint density at radius 3 is 2.69 bits per heavy atom. The highest BCUT2D eigenvalue weighted by Gasteiger charge is 2.41. The summed E-state index contributed by atoms with van der Waals surface area (Å²) in [6.45, 7) is 0. The van der Waals surface area contributed by atoms with Crippen LogP contribution in [-0.2, 0) is 14.4 Å². The van der Waals surface area contributed by atoms with Gasteiger partial charge in [0.15, 0.2) is 0 Å². The Labute approximate surface area is 83.3 Å². The molecule has 1 aliphatic heterocycles. The normalized spacial score (nSPS) is 22.3. The molecule has 0 aromatic carbocycles. The van der Waals surface area contributed by atoms with Crippen molar-refractivity contribution in [2.24, 2.45) is 0 Å². The number of amides is 2. The van der Waals surface area contributed by atoms with Gasteiger partial charge in [-0.2, -0.15) is 11.8 Å². The third-order valence-electron chi connectivity index (χ3n) is 1.51. The van der Waals surface area contributed by atoms with Crippen molar-refractivity contribution in [1.82, 2.24) is 5.06 Å². The van der Waals surface area contributed by atoms with Gasteiger partial charge < -0.3 is 4.84 Å². The van der Waals surface area contributed by atoms with Gasteiger partial charge in [0.1, 0.15) is 0 Å². The average Bonchev–Trinajstić information content (AvgIpc) is 2.31. The van der Waals surface area contributed by atoms with Crippen LogP contribution in [0.2, 0.25) is 0 Å².